The Morgan fingerprint density at radius 3 is 2.69 bits per heavy atom. The van der Waals surface area contributed by atoms with Gasteiger partial charge in [-0.1, -0.05) is 13.8 Å². The molecule has 2 aliphatic heterocycles. The summed E-state index contributed by atoms with van der Waals surface area (Å²) < 4.78 is 5.25. The zero-order valence-electron chi connectivity index (χ0n) is 10.2. The molecule has 0 radical (unpaired) electrons. The third-order valence-corrected chi connectivity index (χ3v) is 3.92. The molecule has 3 atom stereocenters. The number of carbonyl (C=O) groups excluding carboxylic acids is 1. The molecule has 2 N–H and O–H groups in total. The fourth-order valence-corrected chi connectivity index (χ4v) is 2.59. The molecule has 1 amide bonds. The van der Waals surface area contributed by atoms with Gasteiger partial charge in [-0.2, -0.15) is 0 Å². The predicted molar refractivity (Wildman–Crippen MR) is 61.8 cm³/mol. The Labute approximate surface area is 97.1 Å². The van der Waals surface area contributed by atoms with Gasteiger partial charge in [-0.25, -0.2) is 0 Å². The molecule has 92 valence electrons. The van der Waals surface area contributed by atoms with Gasteiger partial charge in [0, 0.05) is 19.1 Å². The summed E-state index contributed by atoms with van der Waals surface area (Å²) in [6.45, 7) is 7.28. The zero-order valence-corrected chi connectivity index (χ0v) is 10.2. The van der Waals surface area contributed by atoms with Crippen LogP contribution in [0.3, 0.4) is 0 Å². The third kappa shape index (κ3) is 2.23. The van der Waals surface area contributed by atoms with Crippen LogP contribution in [-0.4, -0.2) is 43.2 Å². The lowest BCUT2D eigenvalue weighted by Crippen LogP contribution is -2.42. The van der Waals surface area contributed by atoms with Crippen LogP contribution in [0.5, 0.6) is 0 Å². The first-order chi connectivity index (χ1) is 7.59. The van der Waals surface area contributed by atoms with Crippen molar-refractivity contribution in [3.63, 3.8) is 0 Å². The second-order valence-corrected chi connectivity index (χ2v) is 5.38. The van der Waals surface area contributed by atoms with Gasteiger partial charge < -0.3 is 15.4 Å². The smallest absolute Gasteiger partial charge is 0.229 e. The molecule has 2 fully saturated rings. The summed E-state index contributed by atoms with van der Waals surface area (Å²) in [5, 5.41) is 0. The highest BCUT2D eigenvalue weighted by atomic mass is 16.5. The predicted octanol–water partition coefficient (Wildman–Crippen LogP) is 0.465. The van der Waals surface area contributed by atoms with Gasteiger partial charge in [0.05, 0.1) is 19.1 Å². The van der Waals surface area contributed by atoms with Crippen LogP contribution in [0.1, 0.15) is 20.3 Å². The Morgan fingerprint density at radius 1 is 1.44 bits per heavy atom. The van der Waals surface area contributed by atoms with E-state index in [0.29, 0.717) is 25.0 Å². The third-order valence-electron chi connectivity index (χ3n) is 3.92. The van der Waals surface area contributed by atoms with Crippen molar-refractivity contribution in [2.24, 2.45) is 23.5 Å². The van der Waals surface area contributed by atoms with Gasteiger partial charge in [0.15, 0.2) is 0 Å². The minimum atomic E-state index is -0.106. The average Bonchev–Trinajstić information content (AvgIpc) is 2.84. The normalized spacial score (nSPS) is 35.0. The van der Waals surface area contributed by atoms with E-state index in [1.54, 1.807) is 0 Å². The SMILES string of the molecule is CC(C)C1CCN(C(=O)C2COCC2N)C1. The second-order valence-electron chi connectivity index (χ2n) is 5.38. The minimum absolute atomic E-state index is 0.106. The fraction of sp³-hybridized carbons (Fsp3) is 0.917. The molecule has 0 aromatic carbocycles. The molecule has 0 aromatic rings. The van der Waals surface area contributed by atoms with E-state index in [1.165, 1.54) is 0 Å². The highest BCUT2D eigenvalue weighted by Gasteiger charge is 2.37. The lowest BCUT2D eigenvalue weighted by atomic mass is 9.95. The largest absolute Gasteiger partial charge is 0.379 e. The first-order valence-electron chi connectivity index (χ1n) is 6.21. The van der Waals surface area contributed by atoms with Crippen molar-refractivity contribution in [3.8, 4) is 0 Å². The molecule has 0 saturated carbocycles. The highest BCUT2D eigenvalue weighted by Crippen LogP contribution is 2.26. The number of hydrogen-bond acceptors (Lipinski definition) is 3. The van der Waals surface area contributed by atoms with Crippen LogP contribution in [0.25, 0.3) is 0 Å². The molecule has 2 aliphatic rings. The average molecular weight is 226 g/mol. The van der Waals surface area contributed by atoms with Crippen LogP contribution in [0.4, 0.5) is 0 Å². The molecule has 0 spiro atoms. The molecule has 4 nitrogen and oxygen atoms in total. The number of nitrogens with two attached hydrogens (primary N) is 1. The minimum Gasteiger partial charge on any atom is -0.379 e. The number of rotatable bonds is 2. The van der Waals surface area contributed by atoms with Gasteiger partial charge in [-0.15, -0.1) is 0 Å². The van der Waals surface area contributed by atoms with Crippen LogP contribution < -0.4 is 5.73 Å². The Balaban J connectivity index is 1.91. The first-order valence-corrected chi connectivity index (χ1v) is 6.21. The highest BCUT2D eigenvalue weighted by molar-refractivity contribution is 5.80. The van der Waals surface area contributed by atoms with Crippen molar-refractivity contribution in [2.75, 3.05) is 26.3 Å². The molecule has 0 aromatic heterocycles. The summed E-state index contributed by atoms with van der Waals surface area (Å²) >= 11 is 0. The van der Waals surface area contributed by atoms with Crippen LogP contribution in [0.2, 0.25) is 0 Å². The molecule has 4 heteroatoms. The van der Waals surface area contributed by atoms with Crippen molar-refractivity contribution >= 4 is 5.91 Å². The van der Waals surface area contributed by atoms with Crippen LogP contribution in [0, 0.1) is 17.8 Å². The van der Waals surface area contributed by atoms with Crippen molar-refractivity contribution in [3.05, 3.63) is 0 Å². The van der Waals surface area contributed by atoms with Gasteiger partial charge in [0.2, 0.25) is 5.91 Å². The van der Waals surface area contributed by atoms with Gasteiger partial charge in [0.25, 0.3) is 0 Å². The molecular weight excluding hydrogens is 204 g/mol. The molecule has 0 bridgehead atoms. The summed E-state index contributed by atoms with van der Waals surface area (Å²) in [6.07, 6.45) is 1.13. The number of ether oxygens (including phenoxy) is 1. The number of amides is 1. The lowest BCUT2D eigenvalue weighted by molar-refractivity contribution is -0.134. The number of hydrogen-bond donors (Lipinski definition) is 1. The molecule has 16 heavy (non-hydrogen) atoms. The monoisotopic (exact) mass is 226 g/mol. The van der Waals surface area contributed by atoms with E-state index < -0.39 is 0 Å². The van der Waals surface area contributed by atoms with Crippen molar-refractivity contribution in [1.29, 1.82) is 0 Å². The summed E-state index contributed by atoms with van der Waals surface area (Å²) in [5.74, 6) is 1.41. The van der Waals surface area contributed by atoms with Gasteiger partial charge in [-0.05, 0) is 18.3 Å². The van der Waals surface area contributed by atoms with Crippen molar-refractivity contribution in [1.82, 2.24) is 4.90 Å². The van der Waals surface area contributed by atoms with E-state index in [9.17, 15) is 4.79 Å². The van der Waals surface area contributed by atoms with Crippen molar-refractivity contribution in [2.45, 2.75) is 26.3 Å². The Morgan fingerprint density at radius 2 is 2.19 bits per heavy atom. The quantitative estimate of drug-likeness (QED) is 0.744. The van der Waals surface area contributed by atoms with Crippen LogP contribution in [-0.2, 0) is 9.53 Å². The standard InChI is InChI=1S/C12H22N2O2/c1-8(2)9-3-4-14(5-9)12(15)10-6-16-7-11(10)13/h8-11H,3-7,13H2,1-2H3. The van der Waals surface area contributed by atoms with Gasteiger partial charge >= 0.3 is 0 Å². The van der Waals surface area contributed by atoms with Gasteiger partial charge in [-0.3, -0.25) is 4.79 Å². The van der Waals surface area contributed by atoms with Crippen molar-refractivity contribution < 1.29 is 9.53 Å². The number of likely N-dealkylation sites (tertiary alicyclic amines) is 1. The van der Waals surface area contributed by atoms with Gasteiger partial charge in [0.1, 0.15) is 0 Å². The van der Waals surface area contributed by atoms with E-state index in [-0.39, 0.29) is 17.9 Å². The van der Waals surface area contributed by atoms with E-state index in [4.69, 9.17) is 10.5 Å². The molecular formula is C12H22N2O2. The molecule has 2 saturated heterocycles. The Kier molecular flexibility index (Phi) is 3.50. The molecule has 2 heterocycles. The summed E-state index contributed by atoms with van der Waals surface area (Å²) in [7, 11) is 0. The topological polar surface area (TPSA) is 55.6 Å². The van der Waals surface area contributed by atoms with E-state index in [1.807, 2.05) is 4.90 Å². The summed E-state index contributed by atoms with van der Waals surface area (Å²) in [4.78, 5) is 14.2. The zero-order chi connectivity index (χ0) is 11.7. The van der Waals surface area contributed by atoms with E-state index >= 15 is 0 Å². The fourth-order valence-electron chi connectivity index (χ4n) is 2.59. The lowest BCUT2D eigenvalue weighted by Gasteiger charge is -2.22. The van der Waals surface area contributed by atoms with E-state index in [0.717, 1.165) is 19.5 Å². The molecule has 0 aliphatic carbocycles. The maximum Gasteiger partial charge on any atom is 0.229 e. The number of carbonyl (C=O) groups is 1. The second kappa shape index (κ2) is 4.72. The van der Waals surface area contributed by atoms with E-state index in [2.05, 4.69) is 13.8 Å². The maximum absolute atomic E-state index is 12.2. The van der Waals surface area contributed by atoms with Crippen LogP contribution in [0.15, 0.2) is 0 Å². The first kappa shape index (κ1) is 11.9. The summed E-state index contributed by atoms with van der Waals surface area (Å²) in [5.41, 5.74) is 5.87. The van der Waals surface area contributed by atoms with Crippen LogP contribution >= 0.6 is 0 Å². The Hall–Kier alpha value is -0.610. The maximum atomic E-state index is 12.2. The molecule has 3 unspecified atom stereocenters. The summed E-state index contributed by atoms with van der Waals surface area (Å²) in [6, 6.07) is -0.106. The Bertz CT molecular complexity index is 268. The molecule has 2 rings (SSSR count). The number of nitrogens with zero attached hydrogens (tertiary/aromatic N) is 1.